The second kappa shape index (κ2) is 6.39. The van der Waals surface area contributed by atoms with Crippen molar-refractivity contribution in [3.05, 3.63) is 65.7 Å². The van der Waals surface area contributed by atoms with Gasteiger partial charge in [0.2, 0.25) is 5.90 Å². The van der Waals surface area contributed by atoms with E-state index in [9.17, 15) is 4.39 Å². The van der Waals surface area contributed by atoms with Gasteiger partial charge in [0.05, 0.1) is 13.3 Å². The minimum atomic E-state index is -0.343. The van der Waals surface area contributed by atoms with Crippen molar-refractivity contribution < 1.29 is 9.13 Å². The van der Waals surface area contributed by atoms with E-state index in [0.29, 0.717) is 11.5 Å². The molecule has 96 valence electrons. The lowest BCUT2D eigenvalue weighted by atomic mass is 10.2. The number of hydrogen-bond acceptors (Lipinski definition) is 4. The van der Waals surface area contributed by atoms with Gasteiger partial charge >= 0.3 is 0 Å². The Morgan fingerprint density at radius 2 is 1.95 bits per heavy atom. The zero-order chi connectivity index (χ0) is 13.5. The molecular weight excluding hydrogens is 245 g/mol. The molecule has 19 heavy (non-hydrogen) atoms. The van der Waals surface area contributed by atoms with Crippen molar-refractivity contribution in [3.63, 3.8) is 0 Å². The van der Waals surface area contributed by atoms with Crippen molar-refractivity contribution in [1.29, 1.82) is 0 Å². The van der Waals surface area contributed by atoms with Crippen LogP contribution in [0.25, 0.3) is 0 Å². The van der Waals surface area contributed by atoms with Crippen LogP contribution in [0.4, 0.5) is 4.39 Å². The Bertz CT molecular complexity index is 597. The second-order valence-corrected chi connectivity index (χ2v) is 3.61. The molecule has 0 atom stereocenters. The van der Waals surface area contributed by atoms with Gasteiger partial charge in [0.15, 0.2) is 0 Å². The maximum atomic E-state index is 13.3. The lowest BCUT2D eigenvalue weighted by molar-refractivity contribution is 0.403. The quantitative estimate of drug-likeness (QED) is 0.482. The van der Waals surface area contributed by atoms with Crippen LogP contribution in [0, 0.1) is 5.82 Å². The zero-order valence-electron chi connectivity index (χ0n) is 10.3. The van der Waals surface area contributed by atoms with Gasteiger partial charge in [-0.15, -0.1) is 5.10 Å². The van der Waals surface area contributed by atoms with Crippen molar-refractivity contribution in [1.82, 2.24) is 4.98 Å². The molecule has 1 aromatic carbocycles. The monoisotopic (exact) mass is 257 g/mol. The Kier molecular flexibility index (Phi) is 4.34. The maximum absolute atomic E-state index is 13.3. The van der Waals surface area contributed by atoms with Gasteiger partial charge in [-0.25, -0.2) is 4.39 Å². The van der Waals surface area contributed by atoms with Crippen molar-refractivity contribution in [2.24, 2.45) is 10.2 Å². The van der Waals surface area contributed by atoms with Crippen molar-refractivity contribution in [2.45, 2.75) is 0 Å². The predicted octanol–water partition coefficient (Wildman–Crippen LogP) is 2.65. The molecule has 0 spiro atoms. The molecule has 4 nitrogen and oxygen atoms in total. The topological polar surface area (TPSA) is 46.8 Å². The molecule has 0 amide bonds. The van der Waals surface area contributed by atoms with Crippen LogP contribution < -0.4 is 0 Å². The van der Waals surface area contributed by atoms with E-state index < -0.39 is 0 Å². The van der Waals surface area contributed by atoms with Gasteiger partial charge in [-0.3, -0.25) is 4.98 Å². The van der Waals surface area contributed by atoms with Crippen LogP contribution in [-0.2, 0) is 4.74 Å². The predicted molar refractivity (Wildman–Crippen MR) is 71.8 cm³/mol. The molecule has 5 heteroatoms. The standard InChI is InChI=1S/C14H12FN3O/c1-19-14(11-6-8-16-9-7-11)18-17-10-12-4-2-3-5-13(12)15/h2-10H,1H3/b17-10+,18-14+. The highest BCUT2D eigenvalue weighted by Gasteiger charge is 2.01. The zero-order valence-corrected chi connectivity index (χ0v) is 10.3. The minimum Gasteiger partial charge on any atom is -0.479 e. The van der Waals surface area contributed by atoms with E-state index in [1.54, 1.807) is 42.7 Å². The molecule has 0 unspecified atom stereocenters. The molecule has 0 N–H and O–H groups in total. The number of benzene rings is 1. The molecule has 1 aromatic heterocycles. The molecule has 1 heterocycles. The highest BCUT2D eigenvalue weighted by molar-refractivity contribution is 5.94. The fourth-order valence-electron chi connectivity index (χ4n) is 1.43. The van der Waals surface area contributed by atoms with Gasteiger partial charge < -0.3 is 4.74 Å². The van der Waals surface area contributed by atoms with Crippen LogP contribution in [0.1, 0.15) is 11.1 Å². The smallest absolute Gasteiger partial charge is 0.240 e. The summed E-state index contributed by atoms with van der Waals surface area (Å²) in [7, 11) is 1.50. The van der Waals surface area contributed by atoms with Gasteiger partial charge in [0.25, 0.3) is 0 Å². The fourth-order valence-corrected chi connectivity index (χ4v) is 1.43. The highest BCUT2D eigenvalue weighted by atomic mass is 19.1. The number of halogens is 1. The first-order chi connectivity index (χ1) is 9.31. The molecule has 0 aliphatic heterocycles. The van der Waals surface area contributed by atoms with Crippen LogP contribution in [0.2, 0.25) is 0 Å². The summed E-state index contributed by atoms with van der Waals surface area (Å²) >= 11 is 0. The van der Waals surface area contributed by atoms with E-state index >= 15 is 0 Å². The summed E-state index contributed by atoms with van der Waals surface area (Å²) in [6.07, 6.45) is 4.60. The Hall–Kier alpha value is -2.56. The van der Waals surface area contributed by atoms with Crippen LogP contribution >= 0.6 is 0 Å². The van der Waals surface area contributed by atoms with E-state index in [4.69, 9.17) is 4.74 Å². The van der Waals surface area contributed by atoms with E-state index in [0.717, 1.165) is 5.56 Å². The van der Waals surface area contributed by atoms with Crippen molar-refractivity contribution in [3.8, 4) is 0 Å². The first-order valence-electron chi connectivity index (χ1n) is 5.61. The SMILES string of the molecule is CO/C(=N/N=C/c1ccccc1F)c1ccncc1. The lowest BCUT2D eigenvalue weighted by Crippen LogP contribution is -2.02. The van der Waals surface area contributed by atoms with Crippen molar-refractivity contribution in [2.75, 3.05) is 7.11 Å². The summed E-state index contributed by atoms with van der Waals surface area (Å²) in [6.45, 7) is 0. The van der Waals surface area contributed by atoms with E-state index in [2.05, 4.69) is 15.2 Å². The van der Waals surface area contributed by atoms with Gasteiger partial charge in [-0.2, -0.15) is 5.10 Å². The largest absolute Gasteiger partial charge is 0.479 e. The average molecular weight is 257 g/mol. The second-order valence-electron chi connectivity index (χ2n) is 3.61. The van der Waals surface area contributed by atoms with Gasteiger partial charge in [-0.1, -0.05) is 18.2 Å². The number of methoxy groups -OCH3 is 1. The molecule has 0 fully saturated rings. The Morgan fingerprint density at radius 1 is 1.21 bits per heavy atom. The number of rotatable bonds is 3. The normalized spacial score (nSPS) is 11.8. The first-order valence-corrected chi connectivity index (χ1v) is 5.61. The third kappa shape index (κ3) is 3.45. The highest BCUT2D eigenvalue weighted by Crippen LogP contribution is 2.04. The van der Waals surface area contributed by atoms with Gasteiger partial charge in [0.1, 0.15) is 5.82 Å². The maximum Gasteiger partial charge on any atom is 0.240 e. The minimum absolute atomic E-state index is 0.343. The van der Waals surface area contributed by atoms with Crippen LogP contribution in [0.3, 0.4) is 0 Å². The Labute approximate surface area is 110 Å². The van der Waals surface area contributed by atoms with Crippen molar-refractivity contribution >= 4 is 12.1 Å². The Balaban J connectivity index is 2.19. The summed E-state index contributed by atoms with van der Waals surface area (Å²) in [6, 6.07) is 9.84. The summed E-state index contributed by atoms with van der Waals surface area (Å²) in [5.74, 6) is -0.000632. The van der Waals surface area contributed by atoms with Gasteiger partial charge in [-0.05, 0) is 18.2 Å². The summed E-state index contributed by atoms with van der Waals surface area (Å²) < 4.78 is 18.5. The first kappa shape index (κ1) is 12.9. The summed E-state index contributed by atoms with van der Waals surface area (Å²) in [4.78, 5) is 3.90. The number of hydrogen-bond donors (Lipinski definition) is 0. The molecular formula is C14H12FN3O. The molecule has 0 saturated heterocycles. The molecule has 2 aromatic rings. The van der Waals surface area contributed by atoms with E-state index in [-0.39, 0.29) is 5.82 Å². The molecule has 0 aliphatic carbocycles. The lowest BCUT2D eigenvalue weighted by Gasteiger charge is -2.01. The molecule has 0 radical (unpaired) electrons. The molecule has 0 saturated carbocycles. The Morgan fingerprint density at radius 3 is 2.63 bits per heavy atom. The number of aromatic nitrogens is 1. The summed E-state index contributed by atoms with van der Waals surface area (Å²) in [5, 5.41) is 7.75. The number of nitrogens with zero attached hydrogens (tertiary/aromatic N) is 3. The molecule has 0 aliphatic rings. The van der Waals surface area contributed by atoms with Crippen LogP contribution in [0.15, 0.2) is 59.0 Å². The van der Waals surface area contributed by atoms with Gasteiger partial charge in [0, 0.05) is 23.5 Å². The van der Waals surface area contributed by atoms with E-state index in [1.807, 2.05) is 0 Å². The van der Waals surface area contributed by atoms with Crippen LogP contribution in [-0.4, -0.2) is 24.2 Å². The van der Waals surface area contributed by atoms with E-state index in [1.165, 1.54) is 19.4 Å². The molecule has 0 bridgehead atoms. The number of pyridine rings is 1. The third-order valence-electron chi connectivity index (χ3n) is 2.37. The average Bonchev–Trinajstić information content (AvgIpc) is 2.46. The third-order valence-corrected chi connectivity index (χ3v) is 2.37. The molecule has 2 rings (SSSR count). The number of ether oxygens (including phenoxy) is 1. The fraction of sp³-hybridized carbons (Fsp3) is 0.0714. The summed E-state index contributed by atoms with van der Waals surface area (Å²) in [5.41, 5.74) is 1.12. The van der Waals surface area contributed by atoms with Crippen LogP contribution in [0.5, 0.6) is 0 Å².